The van der Waals surface area contributed by atoms with E-state index in [9.17, 15) is 34.2 Å². The third kappa shape index (κ3) is 6.68. The Balaban J connectivity index is 2.62. The molecule has 0 atom stereocenters. The third-order valence-corrected chi connectivity index (χ3v) is 4.66. The topological polar surface area (TPSA) is 179 Å². The number of methoxy groups -OCH3 is 1. The third-order valence-electron chi connectivity index (χ3n) is 4.66. The molecule has 0 radical (unpaired) electrons. The summed E-state index contributed by atoms with van der Waals surface area (Å²) in [5.74, 6) is -2.09. The van der Waals surface area contributed by atoms with Crippen LogP contribution in [0.2, 0.25) is 0 Å². The first-order valence-electron chi connectivity index (χ1n) is 10.5. The summed E-state index contributed by atoms with van der Waals surface area (Å²) in [6.07, 6.45) is 0. The van der Waals surface area contributed by atoms with Crippen molar-refractivity contribution in [2.45, 2.75) is 20.8 Å². The van der Waals surface area contributed by atoms with E-state index in [1.807, 2.05) is 0 Å². The van der Waals surface area contributed by atoms with E-state index in [1.54, 1.807) is 18.7 Å². The van der Waals surface area contributed by atoms with Crippen molar-refractivity contribution in [2.75, 3.05) is 37.0 Å². The number of likely N-dealkylation sites (N-methyl/N-ethyl adjacent to an activating group) is 1. The number of azo groups is 1. The summed E-state index contributed by atoms with van der Waals surface area (Å²) < 4.78 is 24.5. The number of nitro benzene ring substituents is 2. The highest BCUT2D eigenvalue weighted by Crippen LogP contribution is 2.41. The Kier molecular flexibility index (Phi) is 9.29. The van der Waals surface area contributed by atoms with Crippen LogP contribution in [0.1, 0.15) is 20.8 Å². The second-order valence-electron chi connectivity index (χ2n) is 7.05. The molecule has 1 N–H and O–H groups in total. The molecule has 0 unspecified atom stereocenters. The fourth-order valence-corrected chi connectivity index (χ4v) is 3.08. The Hall–Kier alpha value is -4.69. The largest absolute Gasteiger partial charge is 0.494 e. The monoisotopic (exact) mass is 506 g/mol. The molecular weight excluding hydrogens is 483 g/mol. The number of anilines is 2. The van der Waals surface area contributed by atoms with E-state index < -0.39 is 44.6 Å². The van der Waals surface area contributed by atoms with Crippen LogP contribution in [0.25, 0.3) is 0 Å². The standard InChI is InChI=1S/C21H23FN6O8/c1-5-26(11-21(30)36-6-2)19-8-14(23-12(3)29)15(9-20(19)35-4)24-25-16-7-13(22)17(27(31)32)10-18(16)28(33)34/h7-10H,5-6,11H2,1-4H3,(H,23,29). The number of amides is 1. The number of carbonyl (C=O) groups excluding carboxylic acids is 2. The van der Waals surface area contributed by atoms with Crippen molar-refractivity contribution in [3.63, 3.8) is 0 Å². The first kappa shape index (κ1) is 27.6. The quantitative estimate of drug-likeness (QED) is 0.200. The van der Waals surface area contributed by atoms with E-state index >= 15 is 0 Å². The minimum Gasteiger partial charge on any atom is -0.494 e. The Morgan fingerprint density at radius 2 is 1.69 bits per heavy atom. The zero-order valence-corrected chi connectivity index (χ0v) is 19.8. The van der Waals surface area contributed by atoms with Gasteiger partial charge in [-0.1, -0.05) is 0 Å². The van der Waals surface area contributed by atoms with Crippen molar-refractivity contribution in [1.29, 1.82) is 0 Å². The molecule has 0 spiro atoms. The van der Waals surface area contributed by atoms with Crippen LogP contribution >= 0.6 is 0 Å². The van der Waals surface area contributed by atoms with Crippen LogP contribution in [0.4, 0.5) is 38.5 Å². The fraction of sp³-hybridized carbons (Fsp3) is 0.333. The molecule has 2 aromatic carbocycles. The maximum atomic E-state index is 14.1. The summed E-state index contributed by atoms with van der Waals surface area (Å²) >= 11 is 0. The molecule has 15 heteroatoms. The first-order valence-corrected chi connectivity index (χ1v) is 10.5. The number of ether oxygens (including phenoxy) is 2. The maximum Gasteiger partial charge on any atom is 0.325 e. The molecule has 0 heterocycles. The molecule has 2 rings (SSSR count). The van der Waals surface area contributed by atoms with E-state index in [-0.39, 0.29) is 30.3 Å². The van der Waals surface area contributed by atoms with Gasteiger partial charge in [0.1, 0.15) is 18.0 Å². The van der Waals surface area contributed by atoms with Crippen molar-refractivity contribution >= 4 is 46.0 Å². The van der Waals surface area contributed by atoms with Crippen LogP contribution in [-0.2, 0) is 14.3 Å². The number of benzene rings is 2. The van der Waals surface area contributed by atoms with E-state index in [4.69, 9.17) is 9.47 Å². The van der Waals surface area contributed by atoms with E-state index in [0.717, 1.165) is 0 Å². The molecule has 0 bridgehead atoms. The molecular formula is C21H23FN6O8. The lowest BCUT2D eigenvalue weighted by Crippen LogP contribution is -2.31. The van der Waals surface area contributed by atoms with Crippen LogP contribution in [0.3, 0.4) is 0 Å². The van der Waals surface area contributed by atoms with Crippen molar-refractivity contribution < 1.29 is 33.3 Å². The van der Waals surface area contributed by atoms with E-state index in [2.05, 4.69) is 15.5 Å². The van der Waals surface area contributed by atoms with Crippen molar-refractivity contribution in [3.8, 4) is 5.75 Å². The Labute approximate surface area is 204 Å². The van der Waals surface area contributed by atoms with Crippen LogP contribution in [-0.4, -0.2) is 48.5 Å². The van der Waals surface area contributed by atoms with Crippen molar-refractivity contribution in [1.82, 2.24) is 0 Å². The van der Waals surface area contributed by atoms with Gasteiger partial charge in [-0.05, 0) is 19.9 Å². The average Bonchev–Trinajstić information content (AvgIpc) is 2.80. The van der Waals surface area contributed by atoms with E-state index in [0.29, 0.717) is 24.4 Å². The number of esters is 1. The molecule has 0 aromatic heterocycles. The number of halogens is 1. The Bertz CT molecular complexity index is 1220. The second kappa shape index (κ2) is 12.1. The fourth-order valence-electron chi connectivity index (χ4n) is 3.08. The molecule has 0 aliphatic heterocycles. The lowest BCUT2D eigenvalue weighted by Gasteiger charge is -2.25. The highest BCUT2D eigenvalue weighted by atomic mass is 19.1. The summed E-state index contributed by atoms with van der Waals surface area (Å²) in [5.41, 5.74) is -2.03. The number of carbonyl (C=O) groups is 2. The minimum atomic E-state index is -1.34. The maximum absolute atomic E-state index is 14.1. The van der Waals surface area contributed by atoms with Gasteiger partial charge < -0.3 is 19.7 Å². The average molecular weight is 506 g/mol. The zero-order valence-electron chi connectivity index (χ0n) is 19.8. The van der Waals surface area contributed by atoms with Gasteiger partial charge in [0.15, 0.2) is 5.69 Å². The Morgan fingerprint density at radius 3 is 2.22 bits per heavy atom. The van der Waals surface area contributed by atoms with Crippen LogP contribution < -0.4 is 15.0 Å². The molecule has 1 amide bonds. The first-order chi connectivity index (χ1) is 17.0. The predicted molar refractivity (Wildman–Crippen MR) is 126 cm³/mol. The summed E-state index contributed by atoms with van der Waals surface area (Å²) in [6.45, 7) is 5.13. The number of hydrogen-bond donors (Lipinski definition) is 1. The second-order valence-corrected chi connectivity index (χ2v) is 7.05. The van der Waals surface area contributed by atoms with Gasteiger partial charge in [0, 0.05) is 25.6 Å². The van der Waals surface area contributed by atoms with Crippen LogP contribution in [0.5, 0.6) is 5.75 Å². The normalized spacial score (nSPS) is 10.7. The number of hydrogen-bond acceptors (Lipinski definition) is 11. The number of nitrogens with one attached hydrogen (secondary N) is 1. The summed E-state index contributed by atoms with van der Waals surface area (Å²) in [5, 5.41) is 32.4. The van der Waals surface area contributed by atoms with Gasteiger partial charge in [-0.15, -0.1) is 10.2 Å². The van der Waals surface area contributed by atoms with Gasteiger partial charge in [-0.25, -0.2) is 0 Å². The number of nitrogens with zero attached hydrogens (tertiary/aromatic N) is 5. The molecule has 0 fully saturated rings. The van der Waals surface area contributed by atoms with Gasteiger partial charge in [0.2, 0.25) is 11.7 Å². The number of nitro groups is 2. The molecule has 36 heavy (non-hydrogen) atoms. The molecule has 0 aliphatic carbocycles. The van der Waals surface area contributed by atoms with E-state index in [1.165, 1.54) is 26.2 Å². The molecule has 2 aromatic rings. The lowest BCUT2D eigenvalue weighted by molar-refractivity contribution is -0.395. The lowest BCUT2D eigenvalue weighted by atomic mass is 10.2. The summed E-state index contributed by atoms with van der Waals surface area (Å²) in [7, 11) is 1.35. The van der Waals surface area contributed by atoms with Gasteiger partial charge in [-0.2, -0.15) is 4.39 Å². The van der Waals surface area contributed by atoms with Crippen LogP contribution in [0, 0.1) is 26.0 Å². The molecule has 0 saturated heterocycles. The SMILES string of the molecule is CCOC(=O)CN(CC)c1cc(NC(C)=O)c(N=Nc2cc(F)c([N+](=O)[O-])cc2[N+](=O)[O-])cc1OC. The number of rotatable bonds is 11. The highest BCUT2D eigenvalue weighted by molar-refractivity contribution is 5.94. The van der Waals surface area contributed by atoms with Crippen LogP contribution in [0.15, 0.2) is 34.5 Å². The summed E-state index contributed by atoms with van der Waals surface area (Å²) in [4.78, 5) is 45.7. The molecule has 14 nitrogen and oxygen atoms in total. The molecule has 0 saturated carbocycles. The van der Waals surface area contributed by atoms with Gasteiger partial charge in [-0.3, -0.25) is 29.8 Å². The molecule has 192 valence electrons. The van der Waals surface area contributed by atoms with Gasteiger partial charge in [0.25, 0.3) is 0 Å². The predicted octanol–water partition coefficient (Wildman–Crippen LogP) is 4.41. The highest BCUT2D eigenvalue weighted by Gasteiger charge is 2.25. The molecule has 0 aliphatic rings. The zero-order chi connectivity index (χ0) is 27.0. The van der Waals surface area contributed by atoms with Crippen molar-refractivity contribution in [2.24, 2.45) is 10.2 Å². The summed E-state index contributed by atoms with van der Waals surface area (Å²) in [6, 6.07) is 3.77. The van der Waals surface area contributed by atoms with Gasteiger partial charge in [0.05, 0.1) is 41.0 Å². The Morgan fingerprint density at radius 1 is 1.06 bits per heavy atom. The smallest absolute Gasteiger partial charge is 0.325 e. The van der Waals surface area contributed by atoms with Gasteiger partial charge >= 0.3 is 17.3 Å². The minimum absolute atomic E-state index is 0.0222. The van der Waals surface area contributed by atoms with Crippen molar-refractivity contribution in [3.05, 3.63) is 50.3 Å².